The molecule has 0 bridgehead atoms. The van der Waals surface area contributed by atoms with E-state index in [1.807, 2.05) is 0 Å². The van der Waals surface area contributed by atoms with Crippen LogP contribution in [0.15, 0.2) is 24.3 Å². The summed E-state index contributed by atoms with van der Waals surface area (Å²) < 4.78 is 0. The standard InChI is InChI=1S/C16H20N2O4/c1-10(19)17-9-12-4-6-13(7-5-12)15(20)18-14(16(21)22)8-11-2-3-11/h4-7,11,14H,2-3,8-9H2,1H3,(H,17,19)(H,18,20)(H,21,22). The Morgan fingerprint density at radius 3 is 2.36 bits per heavy atom. The Labute approximate surface area is 128 Å². The minimum Gasteiger partial charge on any atom is -0.480 e. The summed E-state index contributed by atoms with van der Waals surface area (Å²) in [6.07, 6.45) is 2.57. The van der Waals surface area contributed by atoms with E-state index in [-0.39, 0.29) is 11.8 Å². The van der Waals surface area contributed by atoms with Crippen molar-refractivity contribution >= 4 is 17.8 Å². The first kappa shape index (κ1) is 16.0. The summed E-state index contributed by atoms with van der Waals surface area (Å²) in [6.45, 7) is 1.84. The average Bonchev–Trinajstić information content (AvgIpc) is 3.28. The quantitative estimate of drug-likeness (QED) is 0.707. The van der Waals surface area contributed by atoms with Gasteiger partial charge < -0.3 is 15.7 Å². The highest BCUT2D eigenvalue weighted by Gasteiger charge is 2.30. The maximum atomic E-state index is 12.1. The Morgan fingerprint density at radius 2 is 1.86 bits per heavy atom. The second-order valence-corrected chi connectivity index (χ2v) is 5.65. The smallest absolute Gasteiger partial charge is 0.326 e. The molecular formula is C16H20N2O4. The van der Waals surface area contributed by atoms with Gasteiger partial charge in [-0.2, -0.15) is 0 Å². The van der Waals surface area contributed by atoms with Crippen LogP contribution in [0.1, 0.15) is 42.1 Å². The number of rotatable bonds is 7. The van der Waals surface area contributed by atoms with Gasteiger partial charge in [-0.15, -0.1) is 0 Å². The second-order valence-electron chi connectivity index (χ2n) is 5.65. The Bertz CT molecular complexity index is 564. The van der Waals surface area contributed by atoms with Crippen LogP contribution in [0, 0.1) is 5.92 Å². The molecule has 118 valence electrons. The fraction of sp³-hybridized carbons (Fsp3) is 0.438. The fourth-order valence-corrected chi connectivity index (χ4v) is 2.15. The monoisotopic (exact) mass is 304 g/mol. The molecular weight excluding hydrogens is 284 g/mol. The molecule has 2 rings (SSSR count). The summed E-state index contributed by atoms with van der Waals surface area (Å²) in [6, 6.07) is 5.90. The summed E-state index contributed by atoms with van der Waals surface area (Å²) in [5.41, 5.74) is 1.29. The normalized spacial score (nSPS) is 15.0. The van der Waals surface area contributed by atoms with Crippen molar-refractivity contribution in [2.24, 2.45) is 5.92 Å². The summed E-state index contributed by atoms with van der Waals surface area (Å²) in [5.74, 6) is -1.09. The Morgan fingerprint density at radius 1 is 1.23 bits per heavy atom. The second kappa shape index (κ2) is 7.06. The van der Waals surface area contributed by atoms with E-state index in [0.717, 1.165) is 18.4 Å². The fourth-order valence-electron chi connectivity index (χ4n) is 2.15. The number of amides is 2. The molecule has 2 amide bonds. The molecule has 0 saturated heterocycles. The van der Waals surface area contributed by atoms with Gasteiger partial charge in [0.15, 0.2) is 0 Å². The van der Waals surface area contributed by atoms with Crippen LogP contribution in [0.2, 0.25) is 0 Å². The van der Waals surface area contributed by atoms with Crippen LogP contribution in [0.25, 0.3) is 0 Å². The van der Waals surface area contributed by atoms with Gasteiger partial charge >= 0.3 is 5.97 Å². The van der Waals surface area contributed by atoms with E-state index < -0.39 is 12.0 Å². The zero-order chi connectivity index (χ0) is 16.1. The average molecular weight is 304 g/mol. The van der Waals surface area contributed by atoms with Crippen LogP contribution in [0.3, 0.4) is 0 Å². The molecule has 1 aliphatic rings. The molecule has 1 aromatic rings. The van der Waals surface area contributed by atoms with Crippen LogP contribution in [0.4, 0.5) is 0 Å². The minimum atomic E-state index is -0.998. The molecule has 0 spiro atoms. The van der Waals surface area contributed by atoms with Crippen molar-refractivity contribution in [2.45, 2.75) is 38.8 Å². The van der Waals surface area contributed by atoms with Gasteiger partial charge in [0.1, 0.15) is 6.04 Å². The Kier molecular flexibility index (Phi) is 5.14. The van der Waals surface area contributed by atoms with Crippen LogP contribution < -0.4 is 10.6 Å². The lowest BCUT2D eigenvalue weighted by Gasteiger charge is -2.14. The largest absolute Gasteiger partial charge is 0.480 e. The molecule has 1 aromatic carbocycles. The molecule has 1 unspecified atom stereocenters. The molecule has 1 atom stereocenters. The lowest BCUT2D eigenvalue weighted by atomic mass is 10.1. The first-order valence-corrected chi connectivity index (χ1v) is 7.32. The van der Waals surface area contributed by atoms with Gasteiger partial charge in [0.2, 0.25) is 5.91 Å². The van der Waals surface area contributed by atoms with E-state index in [1.165, 1.54) is 6.92 Å². The van der Waals surface area contributed by atoms with E-state index >= 15 is 0 Å². The van der Waals surface area contributed by atoms with E-state index in [1.54, 1.807) is 24.3 Å². The summed E-state index contributed by atoms with van der Waals surface area (Å²) in [7, 11) is 0. The van der Waals surface area contributed by atoms with Gasteiger partial charge in [-0.3, -0.25) is 9.59 Å². The first-order valence-electron chi connectivity index (χ1n) is 7.32. The predicted molar refractivity (Wildman–Crippen MR) is 80.2 cm³/mol. The first-order chi connectivity index (χ1) is 10.5. The van der Waals surface area contributed by atoms with Crippen LogP contribution >= 0.6 is 0 Å². The number of hydrogen-bond donors (Lipinski definition) is 3. The maximum Gasteiger partial charge on any atom is 0.326 e. The van der Waals surface area contributed by atoms with Crippen molar-refractivity contribution in [2.75, 3.05) is 0 Å². The lowest BCUT2D eigenvalue weighted by Crippen LogP contribution is -2.41. The van der Waals surface area contributed by atoms with Crippen molar-refractivity contribution < 1.29 is 19.5 Å². The number of benzene rings is 1. The van der Waals surface area contributed by atoms with E-state index in [2.05, 4.69) is 10.6 Å². The predicted octanol–water partition coefficient (Wildman–Crippen LogP) is 1.31. The summed E-state index contributed by atoms with van der Waals surface area (Å²) >= 11 is 0. The van der Waals surface area contributed by atoms with Gasteiger partial charge in [-0.1, -0.05) is 25.0 Å². The summed E-state index contributed by atoms with van der Waals surface area (Å²) in [5, 5.41) is 14.4. The number of aliphatic carboxylic acids is 1. The minimum absolute atomic E-state index is 0.119. The third-order valence-electron chi connectivity index (χ3n) is 3.63. The van der Waals surface area contributed by atoms with Crippen molar-refractivity contribution in [1.82, 2.24) is 10.6 Å². The van der Waals surface area contributed by atoms with Gasteiger partial charge in [0.05, 0.1) is 0 Å². The highest BCUT2D eigenvalue weighted by Crippen LogP contribution is 2.33. The third-order valence-corrected chi connectivity index (χ3v) is 3.63. The van der Waals surface area contributed by atoms with Crippen molar-refractivity contribution in [3.05, 3.63) is 35.4 Å². The molecule has 1 aliphatic carbocycles. The maximum absolute atomic E-state index is 12.1. The topological polar surface area (TPSA) is 95.5 Å². The molecule has 1 saturated carbocycles. The number of hydrogen-bond acceptors (Lipinski definition) is 3. The highest BCUT2D eigenvalue weighted by molar-refractivity contribution is 5.96. The van der Waals surface area contributed by atoms with Crippen LogP contribution in [0.5, 0.6) is 0 Å². The van der Waals surface area contributed by atoms with Gasteiger partial charge in [-0.05, 0) is 30.0 Å². The SMILES string of the molecule is CC(=O)NCc1ccc(C(=O)NC(CC2CC2)C(=O)O)cc1. The number of carboxylic acid groups (broad SMARTS) is 1. The van der Waals surface area contributed by atoms with Gasteiger partial charge in [0, 0.05) is 19.0 Å². The summed E-state index contributed by atoms with van der Waals surface area (Å²) in [4.78, 5) is 34.1. The molecule has 6 nitrogen and oxygen atoms in total. The van der Waals surface area contributed by atoms with Crippen LogP contribution in [-0.4, -0.2) is 28.9 Å². The third kappa shape index (κ3) is 4.87. The zero-order valence-electron chi connectivity index (χ0n) is 12.5. The van der Waals surface area contributed by atoms with Crippen molar-refractivity contribution in [3.8, 4) is 0 Å². The molecule has 0 radical (unpaired) electrons. The van der Waals surface area contributed by atoms with Crippen molar-refractivity contribution in [3.63, 3.8) is 0 Å². The van der Waals surface area contributed by atoms with E-state index in [9.17, 15) is 14.4 Å². The molecule has 0 heterocycles. The number of carbonyl (C=O) groups excluding carboxylic acids is 2. The highest BCUT2D eigenvalue weighted by atomic mass is 16.4. The van der Waals surface area contributed by atoms with Crippen molar-refractivity contribution in [1.29, 1.82) is 0 Å². The van der Waals surface area contributed by atoms with Crippen LogP contribution in [-0.2, 0) is 16.1 Å². The molecule has 6 heteroatoms. The lowest BCUT2D eigenvalue weighted by molar-refractivity contribution is -0.139. The van der Waals surface area contributed by atoms with E-state index in [0.29, 0.717) is 24.4 Å². The Hall–Kier alpha value is -2.37. The number of nitrogens with one attached hydrogen (secondary N) is 2. The Balaban J connectivity index is 1.93. The molecule has 0 aromatic heterocycles. The molecule has 0 aliphatic heterocycles. The number of carbonyl (C=O) groups is 3. The molecule has 22 heavy (non-hydrogen) atoms. The zero-order valence-corrected chi connectivity index (χ0v) is 12.5. The van der Waals surface area contributed by atoms with Gasteiger partial charge in [-0.25, -0.2) is 4.79 Å². The van der Waals surface area contributed by atoms with Gasteiger partial charge in [0.25, 0.3) is 5.91 Å². The number of carboxylic acids is 1. The van der Waals surface area contributed by atoms with E-state index in [4.69, 9.17) is 5.11 Å². The molecule has 1 fully saturated rings. The molecule has 3 N–H and O–H groups in total.